The molecule has 0 saturated heterocycles. The Bertz CT molecular complexity index is 454. The zero-order chi connectivity index (χ0) is 13.0. The molecule has 1 fully saturated rings. The van der Waals surface area contributed by atoms with Gasteiger partial charge in [0.25, 0.3) is 5.56 Å². The van der Waals surface area contributed by atoms with Crippen LogP contribution in [0.4, 0.5) is 5.69 Å². The molecule has 1 saturated carbocycles. The molecule has 1 heterocycles. The molecule has 1 aromatic heterocycles. The zero-order valence-electron chi connectivity index (χ0n) is 10.8. The fraction of sp³-hybridized carbons (Fsp3) is 0.692. The summed E-state index contributed by atoms with van der Waals surface area (Å²) in [4.78, 5) is 11.9. The lowest BCUT2D eigenvalue weighted by Crippen LogP contribution is -2.24. The maximum atomic E-state index is 11.9. The molecular formula is C13H20ClN3O. The van der Waals surface area contributed by atoms with Gasteiger partial charge in [-0.25, -0.2) is 4.68 Å². The second kappa shape index (κ2) is 6.23. The fourth-order valence-electron chi connectivity index (χ4n) is 1.98. The summed E-state index contributed by atoms with van der Waals surface area (Å²) < 4.78 is 1.41. The normalized spacial score (nSPS) is 14.8. The Balaban J connectivity index is 1.91. The van der Waals surface area contributed by atoms with Crippen LogP contribution in [0.1, 0.15) is 39.0 Å². The van der Waals surface area contributed by atoms with Crippen LogP contribution in [0, 0.1) is 5.92 Å². The maximum absolute atomic E-state index is 11.9. The molecule has 1 aliphatic carbocycles. The second-order valence-electron chi connectivity index (χ2n) is 4.91. The van der Waals surface area contributed by atoms with Crippen molar-refractivity contribution in [1.29, 1.82) is 0 Å². The molecule has 2 rings (SSSR count). The van der Waals surface area contributed by atoms with E-state index in [2.05, 4.69) is 10.4 Å². The Hall–Kier alpha value is -1.03. The lowest BCUT2D eigenvalue weighted by Gasteiger charge is -2.09. The lowest BCUT2D eigenvalue weighted by molar-refractivity contribution is 0.568. The maximum Gasteiger partial charge on any atom is 0.287 e. The molecule has 18 heavy (non-hydrogen) atoms. The van der Waals surface area contributed by atoms with Gasteiger partial charge in [0.1, 0.15) is 5.02 Å². The third-order valence-corrected chi connectivity index (χ3v) is 3.59. The predicted molar refractivity (Wildman–Crippen MR) is 74.2 cm³/mol. The number of aromatic nitrogens is 2. The average Bonchev–Trinajstić information content (AvgIpc) is 3.17. The molecule has 0 aliphatic heterocycles. The van der Waals surface area contributed by atoms with E-state index in [0.29, 0.717) is 12.2 Å². The van der Waals surface area contributed by atoms with E-state index in [9.17, 15) is 4.79 Å². The first-order valence-corrected chi connectivity index (χ1v) is 7.09. The van der Waals surface area contributed by atoms with Crippen LogP contribution in [0.5, 0.6) is 0 Å². The minimum absolute atomic E-state index is 0.203. The van der Waals surface area contributed by atoms with E-state index < -0.39 is 0 Å². The summed E-state index contributed by atoms with van der Waals surface area (Å²) in [6.07, 6.45) is 7.68. The SMILES string of the molecule is CCCn1ncc(NCCCC2CC2)c(Cl)c1=O. The topological polar surface area (TPSA) is 46.9 Å². The summed E-state index contributed by atoms with van der Waals surface area (Å²) in [5.74, 6) is 0.943. The molecule has 0 unspecified atom stereocenters. The first-order valence-electron chi connectivity index (χ1n) is 6.72. The third-order valence-electron chi connectivity index (χ3n) is 3.22. The van der Waals surface area contributed by atoms with Crippen molar-refractivity contribution in [3.05, 3.63) is 21.6 Å². The Morgan fingerprint density at radius 2 is 2.33 bits per heavy atom. The molecule has 0 radical (unpaired) electrons. The Labute approximate surface area is 112 Å². The van der Waals surface area contributed by atoms with Crippen molar-refractivity contribution in [2.45, 2.75) is 45.6 Å². The van der Waals surface area contributed by atoms with E-state index in [1.807, 2.05) is 6.92 Å². The van der Waals surface area contributed by atoms with Gasteiger partial charge in [0.15, 0.2) is 0 Å². The van der Waals surface area contributed by atoms with Crippen molar-refractivity contribution < 1.29 is 0 Å². The number of nitrogens with zero attached hydrogens (tertiary/aromatic N) is 2. The van der Waals surface area contributed by atoms with E-state index in [-0.39, 0.29) is 10.6 Å². The van der Waals surface area contributed by atoms with Crippen LogP contribution >= 0.6 is 11.6 Å². The number of nitrogens with one attached hydrogen (secondary N) is 1. The van der Waals surface area contributed by atoms with Crippen LogP contribution in [-0.2, 0) is 6.54 Å². The number of aryl methyl sites for hydroxylation is 1. The average molecular weight is 270 g/mol. The summed E-state index contributed by atoms with van der Waals surface area (Å²) in [5, 5.41) is 7.57. The predicted octanol–water partition coefficient (Wildman–Crippen LogP) is 2.91. The largest absolute Gasteiger partial charge is 0.382 e. The summed E-state index contributed by atoms with van der Waals surface area (Å²) in [7, 11) is 0. The highest BCUT2D eigenvalue weighted by Crippen LogP contribution is 2.33. The number of rotatable bonds is 7. The van der Waals surface area contributed by atoms with Gasteiger partial charge < -0.3 is 5.32 Å². The third kappa shape index (κ3) is 3.48. The molecule has 1 N–H and O–H groups in total. The van der Waals surface area contributed by atoms with Gasteiger partial charge in [-0.1, -0.05) is 31.4 Å². The monoisotopic (exact) mass is 269 g/mol. The van der Waals surface area contributed by atoms with Crippen molar-refractivity contribution in [1.82, 2.24) is 9.78 Å². The van der Waals surface area contributed by atoms with E-state index in [1.54, 1.807) is 6.20 Å². The summed E-state index contributed by atoms with van der Waals surface area (Å²) in [5.41, 5.74) is 0.454. The minimum atomic E-state index is -0.203. The molecule has 0 bridgehead atoms. The Morgan fingerprint density at radius 1 is 1.56 bits per heavy atom. The molecule has 1 aliphatic rings. The number of halogens is 1. The van der Waals surface area contributed by atoms with Gasteiger partial charge in [-0.3, -0.25) is 4.79 Å². The van der Waals surface area contributed by atoms with Crippen LogP contribution in [0.2, 0.25) is 5.02 Å². The molecule has 0 aromatic carbocycles. The van der Waals surface area contributed by atoms with E-state index in [1.165, 1.54) is 23.9 Å². The number of anilines is 1. The van der Waals surface area contributed by atoms with Crippen molar-refractivity contribution in [2.75, 3.05) is 11.9 Å². The smallest absolute Gasteiger partial charge is 0.287 e. The number of hydrogen-bond donors (Lipinski definition) is 1. The first kappa shape index (κ1) is 13.4. The van der Waals surface area contributed by atoms with Gasteiger partial charge in [-0.05, 0) is 25.2 Å². The van der Waals surface area contributed by atoms with Crippen molar-refractivity contribution >= 4 is 17.3 Å². The van der Waals surface area contributed by atoms with Gasteiger partial charge in [-0.2, -0.15) is 5.10 Å². The summed E-state index contributed by atoms with van der Waals surface area (Å²) in [6, 6.07) is 0. The molecule has 0 amide bonds. The van der Waals surface area contributed by atoms with Crippen LogP contribution < -0.4 is 10.9 Å². The summed E-state index contributed by atoms with van der Waals surface area (Å²) in [6.45, 7) is 3.47. The van der Waals surface area contributed by atoms with E-state index >= 15 is 0 Å². The molecule has 0 spiro atoms. The van der Waals surface area contributed by atoms with Crippen LogP contribution in [-0.4, -0.2) is 16.3 Å². The highest BCUT2D eigenvalue weighted by atomic mass is 35.5. The molecule has 4 nitrogen and oxygen atoms in total. The molecule has 5 heteroatoms. The van der Waals surface area contributed by atoms with Gasteiger partial charge >= 0.3 is 0 Å². The van der Waals surface area contributed by atoms with E-state index in [4.69, 9.17) is 11.6 Å². The summed E-state index contributed by atoms with van der Waals surface area (Å²) >= 11 is 6.05. The lowest BCUT2D eigenvalue weighted by atomic mass is 10.2. The van der Waals surface area contributed by atoms with Gasteiger partial charge in [-0.15, -0.1) is 0 Å². The van der Waals surface area contributed by atoms with Crippen molar-refractivity contribution in [2.24, 2.45) is 5.92 Å². The molecule has 1 aromatic rings. The van der Waals surface area contributed by atoms with Gasteiger partial charge in [0.05, 0.1) is 11.9 Å². The molecular weight excluding hydrogens is 250 g/mol. The quantitative estimate of drug-likeness (QED) is 0.774. The molecule has 0 atom stereocenters. The Kier molecular flexibility index (Phi) is 4.64. The van der Waals surface area contributed by atoms with Gasteiger partial charge in [0.2, 0.25) is 0 Å². The standard InChI is InChI=1S/C13H20ClN3O/c1-2-8-17-13(18)12(14)11(9-16-17)15-7-3-4-10-5-6-10/h9-10,15H,2-8H2,1H3. The minimum Gasteiger partial charge on any atom is -0.382 e. The number of hydrogen-bond acceptors (Lipinski definition) is 3. The highest BCUT2D eigenvalue weighted by molar-refractivity contribution is 6.32. The van der Waals surface area contributed by atoms with Crippen LogP contribution in [0.3, 0.4) is 0 Å². The first-order chi connectivity index (χ1) is 8.72. The zero-order valence-corrected chi connectivity index (χ0v) is 11.5. The van der Waals surface area contributed by atoms with Crippen molar-refractivity contribution in [3.63, 3.8) is 0 Å². The second-order valence-corrected chi connectivity index (χ2v) is 5.29. The highest BCUT2D eigenvalue weighted by Gasteiger charge is 2.20. The molecule has 100 valence electrons. The van der Waals surface area contributed by atoms with E-state index in [0.717, 1.165) is 25.3 Å². The fourth-order valence-corrected chi connectivity index (χ4v) is 2.19. The van der Waals surface area contributed by atoms with Gasteiger partial charge in [0, 0.05) is 13.1 Å². The van der Waals surface area contributed by atoms with Crippen LogP contribution in [0.25, 0.3) is 0 Å². The Morgan fingerprint density at radius 3 is 3.00 bits per heavy atom. The van der Waals surface area contributed by atoms with Crippen molar-refractivity contribution in [3.8, 4) is 0 Å². The van der Waals surface area contributed by atoms with Crippen LogP contribution in [0.15, 0.2) is 11.0 Å².